The van der Waals surface area contributed by atoms with E-state index in [1.807, 2.05) is 25.1 Å². The number of fused-ring (bicyclic) bond motifs is 4. The Hall–Kier alpha value is -3.92. The van der Waals surface area contributed by atoms with Crippen molar-refractivity contribution < 1.29 is 8.83 Å². The number of rotatable bonds is 2. The van der Waals surface area contributed by atoms with Gasteiger partial charge in [0, 0.05) is 33.0 Å². The van der Waals surface area contributed by atoms with Crippen LogP contribution in [0.2, 0.25) is 0 Å². The molecule has 0 bridgehead atoms. The van der Waals surface area contributed by atoms with E-state index in [1.165, 1.54) is 5.56 Å². The van der Waals surface area contributed by atoms with Crippen LogP contribution in [0.5, 0.6) is 0 Å². The van der Waals surface area contributed by atoms with Crippen molar-refractivity contribution in [3.63, 3.8) is 0 Å². The van der Waals surface area contributed by atoms with E-state index in [1.54, 1.807) is 6.20 Å². The summed E-state index contributed by atoms with van der Waals surface area (Å²) in [6.07, 6.45) is 1.78. The van der Waals surface area contributed by atoms with E-state index in [2.05, 4.69) is 65.4 Å². The maximum atomic E-state index is 6.14. The molecule has 4 heteroatoms. The second-order valence-electron chi connectivity index (χ2n) is 7.67. The third-order valence-electron chi connectivity index (χ3n) is 5.52. The molecule has 6 aromatic rings. The first-order valence-corrected chi connectivity index (χ1v) is 9.91. The second-order valence-corrected chi connectivity index (χ2v) is 7.67. The Morgan fingerprint density at radius 3 is 2.53 bits per heavy atom. The molecule has 4 nitrogen and oxygen atoms in total. The number of hydrogen-bond donors (Lipinski definition) is 0. The van der Waals surface area contributed by atoms with Gasteiger partial charge < -0.3 is 8.83 Å². The number of aromatic nitrogens is 2. The molecule has 0 fully saturated rings. The summed E-state index contributed by atoms with van der Waals surface area (Å²) in [5, 5.41) is 3.07. The van der Waals surface area contributed by atoms with Gasteiger partial charge in [-0.05, 0) is 44.2 Å². The molecule has 4 heterocycles. The summed E-state index contributed by atoms with van der Waals surface area (Å²) >= 11 is 0. The van der Waals surface area contributed by atoms with Gasteiger partial charge in [0.25, 0.3) is 0 Å². The van der Waals surface area contributed by atoms with Crippen molar-refractivity contribution in [1.29, 1.82) is 0 Å². The molecule has 0 unspecified atom stereocenters. The Labute approximate surface area is 172 Å². The van der Waals surface area contributed by atoms with Gasteiger partial charge in [-0.25, -0.2) is 4.98 Å². The number of aryl methyl sites for hydroxylation is 2. The molecule has 30 heavy (non-hydrogen) atoms. The van der Waals surface area contributed by atoms with Crippen molar-refractivity contribution in [1.82, 2.24) is 9.97 Å². The van der Waals surface area contributed by atoms with E-state index in [-0.39, 0.29) is 0 Å². The van der Waals surface area contributed by atoms with Crippen molar-refractivity contribution >= 4 is 33.0 Å². The number of hydrogen-bond acceptors (Lipinski definition) is 4. The monoisotopic (exact) mass is 390 g/mol. The summed E-state index contributed by atoms with van der Waals surface area (Å²) in [6.45, 7) is 4.04. The average molecular weight is 390 g/mol. The normalized spacial score (nSPS) is 11.7. The molecule has 0 amide bonds. The third-order valence-corrected chi connectivity index (χ3v) is 5.52. The van der Waals surface area contributed by atoms with Crippen LogP contribution in [0.1, 0.15) is 11.3 Å². The summed E-state index contributed by atoms with van der Waals surface area (Å²) in [5.74, 6) is 0.838. The Balaban J connectivity index is 1.51. The summed E-state index contributed by atoms with van der Waals surface area (Å²) in [7, 11) is 0. The average Bonchev–Trinajstić information content (AvgIpc) is 3.34. The van der Waals surface area contributed by atoms with Crippen molar-refractivity contribution in [2.75, 3.05) is 0 Å². The quantitative estimate of drug-likeness (QED) is 0.317. The highest BCUT2D eigenvalue weighted by molar-refractivity contribution is 6.08. The highest BCUT2D eigenvalue weighted by atomic mass is 16.3. The van der Waals surface area contributed by atoms with E-state index in [0.717, 1.165) is 55.6 Å². The molecule has 144 valence electrons. The largest absolute Gasteiger partial charge is 0.454 e. The maximum absolute atomic E-state index is 6.14. The smallest absolute Gasteiger partial charge is 0.227 e. The van der Waals surface area contributed by atoms with Gasteiger partial charge in [0.1, 0.15) is 11.3 Å². The Morgan fingerprint density at radius 2 is 1.67 bits per heavy atom. The maximum Gasteiger partial charge on any atom is 0.227 e. The number of benzene rings is 2. The van der Waals surface area contributed by atoms with Crippen LogP contribution >= 0.6 is 0 Å². The van der Waals surface area contributed by atoms with Gasteiger partial charge >= 0.3 is 0 Å². The Morgan fingerprint density at radius 1 is 0.800 bits per heavy atom. The van der Waals surface area contributed by atoms with E-state index in [9.17, 15) is 0 Å². The molecule has 2 aromatic carbocycles. The minimum absolute atomic E-state index is 0.656. The summed E-state index contributed by atoms with van der Waals surface area (Å²) in [4.78, 5) is 9.20. The van der Waals surface area contributed by atoms with Crippen LogP contribution in [0.4, 0.5) is 0 Å². The zero-order chi connectivity index (χ0) is 20.2. The van der Waals surface area contributed by atoms with E-state index < -0.39 is 0 Å². The summed E-state index contributed by atoms with van der Waals surface area (Å²) < 4.78 is 12.2. The van der Waals surface area contributed by atoms with Gasteiger partial charge in [-0.1, -0.05) is 42.0 Å². The highest BCUT2D eigenvalue weighted by Crippen LogP contribution is 2.36. The van der Waals surface area contributed by atoms with Crippen LogP contribution in [0.25, 0.3) is 55.6 Å². The van der Waals surface area contributed by atoms with Gasteiger partial charge in [-0.2, -0.15) is 0 Å². The molecule has 0 N–H and O–H groups in total. The minimum atomic E-state index is 0.656. The van der Waals surface area contributed by atoms with Gasteiger partial charge in [0.2, 0.25) is 5.71 Å². The van der Waals surface area contributed by atoms with E-state index in [0.29, 0.717) is 5.71 Å². The van der Waals surface area contributed by atoms with E-state index in [4.69, 9.17) is 8.83 Å². The number of pyridine rings is 2. The van der Waals surface area contributed by atoms with Crippen LogP contribution in [0.15, 0.2) is 81.8 Å². The first-order valence-electron chi connectivity index (χ1n) is 9.91. The van der Waals surface area contributed by atoms with Gasteiger partial charge in [0.15, 0.2) is 5.58 Å². The lowest BCUT2D eigenvalue weighted by Crippen LogP contribution is -1.83. The molecule has 0 radical (unpaired) electrons. The zero-order valence-electron chi connectivity index (χ0n) is 16.6. The Bertz CT molecular complexity index is 1560. The summed E-state index contributed by atoms with van der Waals surface area (Å²) in [6, 6.07) is 22.6. The Kier molecular flexibility index (Phi) is 3.56. The lowest BCUT2D eigenvalue weighted by molar-refractivity contribution is 0.630. The lowest BCUT2D eigenvalue weighted by atomic mass is 10.1. The molecule has 4 aromatic heterocycles. The van der Waals surface area contributed by atoms with Crippen molar-refractivity contribution in [3.05, 3.63) is 84.2 Å². The number of furan rings is 2. The topological polar surface area (TPSA) is 52.1 Å². The summed E-state index contributed by atoms with van der Waals surface area (Å²) in [5.41, 5.74) is 7.24. The van der Waals surface area contributed by atoms with Gasteiger partial charge in [-0.15, -0.1) is 0 Å². The molecule has 0 saturated heterocycles. The van der Waals surface area contributed by atoms with Crippen LogP contribution in [0, 0.1) is 13.8 Å². The van der Waals surface area contributed by atoms with Crippen LogP contribution in [-0.4, -0.2) is 9.97 Å². The fraction of sp³-hybridized carbons (Fsp3) is 0.0769. The highest BCUT2D eigenvalue weighted by Gasteiger charge is 2.15. The van der Waals surface area contributed by atoms with Crippen molar-refractivity contribution in [2.45, 2.75) is 13.8 Å². The predicted molar refractivity (Wildman–Crippen MR) is 119 cm³/mol. The molecular weight excluding hydrogens is 372 g/mol. The van der Waals surface area contributed by atoms with Crippen LogP contribution in [0.3, 0.4) is 0 Å². The first-order chi connectivity index (χ1) is 14.7. The third kappa shape index (κ3) is 2.61. The van der Waals surface area contributed by atoms with Crippen molar-refractivity contribution in [3.8, 4) is 22.6 Å². The first kappa shape index (κ1) is 17.0. The van der Waals surface area contributed by atoms with Gasteiger partial charge in [0.05, 0.1) is 11.9 Å². The number of nitrogens with zero attached hydrogens (tertiary/aromatic N) is 2. The van der Waals surface area contributed by atoms with Crippen LogP contribution in [-0.2, 0) is 0 Å². The number of para-hydroxylation sites is 1. The van der Waals surface area contributed by atoms with Crippen LogP contribution < -0.4 is 0 Å². The standard InChI is InChI=1S/C26H18N2O2/c1-15-6-9-17(10-7-15)23-13-18-12-22(27-14-24(18)29-23)21-5-3-4-19-20-11-8-16(2)28-26(20)30-25(19)21/h3-14H,1-2H3. The minimum Gasteiger partial charge on any atom is -0.454 e. The molecule has 0 atom stereocenters. The van der Waals surface area contributed by atoms with Crippen molar-refractivity contribution in [2.24, 2.45) is 0 Å². The molecule has 0 aliphatic rings. The molecule has 0 aliphatic carbocycles. The van der Waals surface area contributed by atoms with Gasteiger partial charge in [-0.3, -0.25) is 4.98 Å². The fourth-order valence-corrected chi connectivity index (χ4v) is 3.93. The molecular formula is C26H18N2O2. The molecule has 0 aliphatic heterocycles. The zero-order valence-corrected chi connectivity index (χ0v) is 16.6. The van der Waals surface area contributed by atoms with E-state index >= 15 is 0 Å². The lowest BCUT2D eigenvalue weighted by Gasteiger charge is -2.01. The fourth-order valence-electron chi connectivity index (χ4n) is 3.93. The molecule has 0 saturated carbocycles. The second kappa shape index (κ2) is 6.29. The predicted octanol–water partition coefficient (Wildman–Crippen LogP) is 7.07. The molecule has 0 spiro atoms. The molecule has 6 rings (SSSR count). The SMILES string of the molecule is Cc1ccc(-c2cc3cc(-c4cccc5c4oc4nc(C)ccc45)ncc3o2)cc1.